The maximum atomic E-state index is 13.3. The van der Waals surface area contributed by atoms with E-state index in [0.717, 1.165) is 17.0 Å². The summed E-state index contributed by atoms with van der Waals surface area (Å²) in [4.78, 5) is 22.0. The Balaban J connectivity index is 1.61. The number of alkyl halides is 2. The Kier molecular flexibility index (Phi) is 6.32. The van der Waals surface area contributed by atoms with Crippen molar-refractivity contribution in [3.8, 4) is 17.3 Å². The summed E-state index contributed by atoms with van der Waals surface area (Å²) in [6.45, 7) is 0.488. The van der Waals surface area contributed by atoms with Gasteiger partial charge in [-0.1, -0.05) is 18.2 Å². The Morgan fingerprint density at radius 3 is 2.60 bits per heavy atom. The number of ether oxygens (including phenoxy) is 1. The number of aromatic nitrogens is 6. The molecule has 176 valence electrons. The van der Waals surface area contributed by atoms with Crippen LogP contribution in [0, 0.1) is 0 Å². The zero-order valence-electron chi connectivity index (χ0n) is 18.4. The summed E-state index contributed by atoms with van der Waals surface area (Å²) in [5.74, 6) is 1.38. The number of nitrogens with one attached hydrogen (secondary N) is 1. The lowest BCUT2D eigenvalue weighted by atomic mass is 10.2. The van der Waals surface area contributed by atoms with E-state index < -0.39 is 6.43 Å². The molecule has 0 spiro atoms. The monoisotopic (exact) mass is 537 g/mol. The van der Waals surface area contributed by atoms with Crippen LogP contribution in [0.3, 0.4) is 0 Å². The first-order valence-corrected chi connectivity index (χ1v) is 11.3. The van der Waals surface area contributed by atoms with Gasteiger partial charge in [0.05, 0.1) is 20.0 Å². The smallest absolute Gasteiger partial charge is 0.280 e. The van der Waals surface area contributed by atoms with Crippen LogP contribution < -0.4 is 10.1 Å². The summed E-state index contributed by atoms with van der Waals surface area (Å²) in [5, 5.41) is 3.24. The summed E-state index contributed by atoms with van der Waals surface area (Å²) < 4.78 is 34.3. The minimum absolute atomic E-state index is 0.201. The van der Waals surface area contributed by atoms with Gasteiger partial charge in [0, 0.05) is 11.9 Å². The van der Waals surface area contributed by atoms with Crippen molar-refractivity contribution < 1.29 is 13.5 Å². The Morgan fingerprint density at radius 1 is 1.03 bits per heavy atom. The number of methoxy groups -OCH3 is 1. The summed E-state index contributed by atoms with van der Waals surface area (Å²) in [5.41, 5.74) is 2.68. The second-order valence-electron chi connectivity index (χ2n) is 7.53. The Bertz CT molecular complexity index is 1490. The van der Waals surface area contributed by atoms with Crippen molar-refractivity contribution in [2.24, 2.45) is 0 Å². The van der Waals surface area contributed by atoms with Crippen molar-refractivity contribution in [2.45, 2.75) is 13.0 Å². The normalized spacial score (nSPS) is 11.2. The zero-order valence-corrected chi connectivity index (χ0v) is 19.9. The third kappa shape index (κ3) is 4.94. The fraction of sp³-hybridized carbons (Fsp3) is 0.125. The lowest BCUT2D eigenvalue weighted by Crippen LogP contribution is -2.04. The van der Waals surface area contributed by atoms with Gasteiger partial charge in [-0.15, -0.1) is 0 Å². The lowest BCUT2D eigenvalue weighted by Gasteiger charge is -2.11. The molecule has 8 nitrogen and oxygen atoms in total. The van der Waals surface area contributed by atoms with E-state index in [0.29, 0.717) is 28.1 Å². The second-order valence-corrected chi connectivity index (χ2v) is 8.34. The lowest BCUT2D eigenvalue weighted by molar-refractivity contribution is 0.146. The molecule has 0 aliphatic rings. The van der Waals surface area contributed by atoms with Gasteiger partial charge in [-0.2, -0.15) is 0 Å². The first kappa shape index (κ1) is 22.8. The predicted molar refractivity (Wildman–Crippen MR) is 131 cm³/mol. The summed E-state index contributed by atoms with van der Waals surface area (Å²) >= 11 is 3.36. The Morgan fingerprint density at radius 2 is 1.86 bits per heavy atom. The van der Waals surface area contributed by atoms with Gasteiger partial charge in [-0.05, 0) is 57.9 Å². The summed E-state index contributed by atoms with van der Waals surface area (Å²) in [7, 11) is 1.61. The van der Waals surface area contributed by atoms with Gasteiger partial charge in [-0.25, -0.2) is 33.7 Å². The first-order chi connectivity index (χ1) is 17.0. The van der Waals surface area contributed by atoms with Crippen LogP contribution in [0.15, 0.2) is 71.7 Å². The molecule has 5 rings (SSSR count). The van der Waals surface area contributed by atoms with Crippen LogP contribution in [0.25, 0.3) is 22.7 Å². The number of benzene rings is 1. The molecule has 4 aromatic heterocycles. The van der Waals surface area contributed by atoms with Crippen LogP contribution in [0.1, 0.15) is 17.7 Å². The number of pyridine rings is 2. The third-order valence-corrected chi connectivity index (χ3v) is 5.62. The number of halogens is 3. The molecule has 0 aliphatic heterocycles. The maximum absolute atomic E-state index is 13.3. The van der Waals surface area contributed by atoms with Gasteiger partial charge >= 0.3 is 0 Å². The third-order valence-electron chi connectivity index (χ3n) is 5.19. The van der Waals surface area contributed by atoms with Gasteiger partial charge in [-0.3, -0.25) is 0 Å². The molecule has 0 aliphatic carbocycles. The molecule has 35 heavy (non-hydrogen) atoms. The molecule has 11 heteroatoms. The van der Waals surface area contributed by atoms with Crippen molar-refractivity contribution in [3.63, 3.8) is 0 Å². The van der Waals surface area contributed by atoms with E-state index >= 15 is 0 Å². The number of hydrogen-bond donors (Lipinski definition) is 1. The van der Waals surface area contributed by atoms with Gasteiger partial charge in [0.25, 0.3) is 6.43 Å². The van der Waals surface area contributed by atoms with Crippen LogP contribution in [-0.2, 0) is 6.54 Å². The van der Waals surface area contributed by atoms with Crippen molar-refractivity contribution in [1.29, 1.82) is 0 Å². The highest BCUT2D eigenvalue weighted by Crippen LogP contribution is 2.28. The van der Waals surface area contributed by atoms with E-state index in [4.69, 9.17) is 4.74 Å². The topological polar surface area (TPSA) is 90.6 Å². The number of imidazole rings is 1. The van der Waals surface area contributed by atoms with Crippen molar-refractivity contribution >= 4 is 38.6 Å². The Hall–Kier alpha value is -3.99. The van der Waals surface area contributed by atoms with Crippen LogP contribution >= 0.6 is 15.9 Å². The quantitative estimate of drug-likeness (QED) is 0.263. The van der Waals surface area contributed by atoms with Crippen LogP contribution in [-0.4, -0.2) is 36.6 Å². The highest BCUT2D eigenvalue weighted by molar-refractivity contribution is 9.10. The largest absolute Gasteiger partial charge is 0.497 e. The van der Waals surface area contributed by atoms with Crippen LogP contribution in [0.2, 0.25) is 0 Å². The molecule has 0 saturated carbocycles. The first-order valence-electron chi connectivity index (χ1n) is 10.5. The average molecular weight is 538 g/mol. The molecular weight excluding hydrogens is 520 g/mol. The average Bonchev–Trinajstić information content (AvgIpc) is 3.27. The van der Waals surface area contributed by atoms with Crippen LogP contribution in [0.5, 0.6) is 5.75 Å². The van der Waals surface area contributed by atoms with E-state index in [9.17, 15) is 8.78 Å². The fourth-order valence-electron chi connectivity index (χ4n) is 3.50. The molecule has 0 bridgehead atoms. The number of fused-ring (bicyclic) bond motifs is 1. The van der Waals surface area contributed by atoms with Crippen molar-refractivity contribution in [2.75, 3.05) is 12.4 Å². The molecule has 0 radical (unpaired) electrons. The van der Waals surface area contributed by atoms with Gasteiger partial charge in [0.1, 0.15) is 21.7 Å². The maximum Gasteiger partial charge on any atom is 0.280 e. The molecule has 1 N–H and O–H groups in total. The van der Waals surface area contributed by atoms with E-state index in [2.05, 4.69) is 46.2 Å². The SMILES string of the molecule is COc1ccc(Cn2cnc3c(Nc4ccnc(Br)c4)nc(-c4cccc(C(F)F)n4)nc32)cc1. The van der Waals surface area contributed by atoms with Gasteiger partial charge in [0.2, 0.25) is 0 Å². The second kappa shape index (κ2) is 9.71. The minimum Gasteiger partial charge on any atom is -0.497 e. The van der Waals surface area contributed by atoms with Gasteiger partial charge in [0.15, 0.2) is 22.8 Å². The van der Waals surface area contributed by atoms with Crippen LogP contribution in [0.4, 0.5) is 20.3 Å². The molecule has 4 heterocycles. The molecule has 0 amide bonds. The molecular formula is C24H18BrF2N7O. The number of hydrogen-bond acceptors (Lipinski definition) is 7. The molecule has 0 fully saturated rings. The van der Waals surface area contributed by atoms with Crippen molar-refractivity contribution in [1.82, 2.24) is 29.5 Å². The van der Waals surface area contributed by atoms with E-state index in [1.54, 1.807) is 37.8 Å². The van der Waals surface area contributed by atoms with E-state index in [-0.39, 0.29) is 17.2 Å². The molecule has 0 atom stereocenters. The van der Waals surface area contributed by atoms with E-state index in [1.807, 2.05) is 28.8 Å². The summed E-state index contributed by atoms with van der Waals surface area (Å²) in [6.07, 6.45) is 0.608. The molecule has 0 unspecified atom stereocenters. The zero-order chi connectivity index (χ0) is 24.4. The molecule has 1 aromatic carbocycles. The number of anilines is 2. The minimum atomic E-state index is -2.70. The van der Waals surface area contributed by atoms with E-state index in [1.165, 1.54) is 12.1 Å². The highest BCUT2D eigenvalue weighted by atomic mass is 79.9. The fourth-order valence-corrected chi connectivity index (χ4v) is 3.87. The molecule has 0 saturated heterocycles. The predicted octanol–water partition coefficient (Wildman–Crippen LogP) is 5.78. The van der Waals surface area contributed by atoms with Gasteiger partial charge < -0.3 is 14.6 Å². The molecule has 5 aromatic rings. The highest BCUT2D eigenvalue weighted by Gasteiger charge is 2.18. The number of nitrogens with zero attached hydrogens (tertiary/aromatic N) is 6. The number of rotatable bonds is 7. The standard InChI is InChI=1S/C24H18BrF2N7O/c1-35-16-7-5-14(6-8-16)12-34-13-29-20-23(30-15-9-10-28-19(25)11-15)32-22(33-24(20)34)18-4-2-3-17(31-18)21(26)27/h2-11,13,21H,12H2,1H3,(H,28,30,32,33). The van der Waals surface area contributed by atoms with Crippen molar-refractivity contribution in [3.05, 3.63) is 83.0 Å². The summed E-state index contributed by atoms with van der Waals surface area (Å²) in [6, 6.07) is 15.6. The Labute approximate surface area is 207 Å².